The average Bonchev–Trinajstić information content (AvgIpc) is 3.29. The third kappa shape index (κ3) is 5.02. The summed E-state index contributed by atoms with van der Waals surface area (Å²) in [7, 11) is 0. The van der Waals surface area contributed by atoms with Gasteiger partial charge < -0.3 is 14.8 Å². The maximum Gasteiger partial charge on any atom is 0.230 e. The second-order valence-corrected chi connectivity index (χ2v) is 9.23. The minimum absolute atomic E-state index is 0.0726. The molecule has 1 N–H and O–H groups in total. The van der Waals surface area contributed by atoms with Crippen molar-refractivity contribution >= 4 is 28.4 Å². The van der Waals surface area contributed by atoms with Gasteiger partial charge in [0.2, 0.25) is 5.91 Å². The maximum atomic E-state index is 12.7. The zero-order valence-electron chi connectivity index (χ0n) is 19.4. The zero-order valence-corrected chi connectivity index (χ0v) is 20.2. The van der Waals surface area contributed by atoms with Crippen molar-refractivity contribution in [1.82, 2.24) is 20.1 Å². The number of nitrogens with zero attached hydrogens (tertiary/aromatic N) is 3. The Balaban J connectivity index is 1.24. The minimum atomic E-state index is -0.395. The molecule has 0 spiro atoms. The van der Waals surface area contributed by atoms with Crippen molar-refractivity contribution in [3.8, 4) is 11.5 Å². The first-order valence-corrected chi connectivity index (χ1v) is 12.4. The van der Waals surface area contributed by atoms with Gasteiger partial charge in [0.15, 0.2) is 28.6 Å². The highest BCUT2D eigenvalue weighted by atomic mass is 32.2. The van der Waals surface area contributed by atoms with Gasteiger partial charge in [-0.05, 0) is 41.5 Å². The molecule has 0 saturated heterocycles. The molecule has 1 aromatic heterocycles. The smallest absolute Gasteiger partial charge is 0.230 e. The van der Waals surface area contributed by atoms with Crippen LogP contribution in [0.2, 0.25) is 0 Å². The first-order valence-electron chi connectivity index (χ1n) is 11.5. The molecule has 1 aliphatic rings. The molecular formula is C27H26N4O3S. The average molecular weight is 487 g/mol. The lowest BCUT2D eigenvalue weighted by atomic mass is 10.0. The molecule has 0 radical (unpaired) electrons. The normalized spacial score (nSPS) is 15.5. The summed E-state index contributed by atoms with van der Waals surface area (Å²) in [5.41, 5.74) is 1.06. The van der Waals surface area contributed by atoms with Crippen LogP contribution in [-0.4, -0.2) is 33.0 Å². The fraction of sp³-hybridized carbons (Fsp3) is 0.222. The van der Waals surface area contributed by atoms with E-state index in [1.54, 1.807) is 6.08 Å². The predicted molar refractivity (Wildman–Crippen MR) is 137 cm³/mol. The molecule has 0 saturated carbocycles. The number of thioether (sulfide) groups is 1. The molecule has 35 heavy (non-hydrogen) atoms. The van der Waals surface area contributed by atoms with Gasteiger partial charge in [-0.1, -0.05) is 66.4 Å². The lowest BCUT2D eigenvalue weighted by molar-refractivity contribution is -0.119. The number of ether oxygens (including phenoxy) is 2. The molecule has 3 aromatic carbocycles. The number of benzene rings is 3. The second-order valence-electron chi connectivity index (χ2n) is 8.29. The Labute approximate surface area is 208 Å². The van der Waals surface area contributed by atoms with Crippen molar-refractivity contribution in [1.29, 1.82) is 0 Å². The summed E-state index contributed by atoms with van der Waals surface area (Å²) in [5.74, 6) is 2.18. The Morgan fingerprint density at radius 1 is 1.14 bits per heavy atom. The molecule has 7 nitrogen and oxygen atoms in total. The monoisotopic (exact) mass is 486 g/mol. The number of nitrogens with one attached hydrogen (secondary N) is 1. The van der Waals surface area contributed by atoms with E-state index in [-0.39, 0.29) is 17.7 Å². The highest BCUT2D eigenvalue weighted by Gasteiger charge is 2.28. The van der Waals surface area contributed by atoms with Gasteiger partial charge in [-0.25, -0.2) is 0 Å². The van der Waals surface area contributed by atoms with E-state index in [1.807, 2.05) is 47.9 Å². The molecular weight excluding hydrogens is 460 g/mol. The standard InChI is InChI=1S/C27H26N4O3S/c1-3-14-31-26(24-16-33-22-10-6-7-11-23(22)34-24)29-30-27(31)35-17-25(32)28-18(2)20-13-12-19-8-4-5-9-21(19)15-20/h3-13,15,18,24H,1,14,16-17H2,2H3,(H,28,32). The largest absolute Gasteiger partial charge is 0.485 e. The summed E-state index contributed by atoms with van der Waals surface area (Å²) in [4.78, 5) is 12.7. The van der Waals surface area contributed by atoms with Crippen molar-refractivity contribution < 1.29 is 14.3 Å². The molecule has 2 heterocycles. The molecule has 5 rings (SSSR count). The van der Waals surface area contributed by atoms with Gasteiger partial charge in [-0.3, -0.25) is 9.36 Å². The number of para-hydroxylation sites is 2. The number of fused-ring (bicyclic) bond motifs is 2. The van der Waals surface area contributed by atoms with Crippen LogP contribution in [0.4, 0.5) is 0 Å². The van der Waals surface area contributed by atoms with E-state index in [9.17, 15) is 4.79 Å². The number of rotatable bonds is 8. The number of amides is 1. The first kappa shape index (κ1) is 23.0. The maximum absolute atomic E-state index is 12.7. The lowest BCUT2D eigenvalue weighted by Gasteiger charge is -2.26. The first-order chi connectivity index (χ1) is 17.1. The van der Waals surface area contributed by atoms with Crippen molar-refractivity contribution in [3.63, 3.8) is 0 Å². The third-order valence-electron chi connectivity index (χ3n) is 5.84. The topological polar surface area (TPSA) is 78.3 Å². The van der Waals surface area contributed by atoms with Crippen LogP contribution in [0.1, 0.15) is 30.5 Å². The molecule has 4 aromatic rings. The van der Waals surface area contributed by atoms with Crippen LogP contribution in [0, 0.1) is 0 Å². The Morgan fingerprint density at radius 2 is 1.91 bits per heavy atom. The molecule has 8 heteroatoms. The third-order valence-corrected chi connectivity index (χ3v) is 6.80. The van der Waals surface area contributed by atoms with Crippen LogP contribution in [0.3, 0.4) is 0 Å². The number of carbonyl (C=O) groups is 1. The van der Waals surface area contributed by atoms with Gasteiger partial charge in [0.05, 0.1) is 11.8 Å². The predicted octanol–water partition coefficient (Wildman–Crippen LogP) is 5.10. The number of carbonyl (C=O) groups excluding carboxylic acids is 1. The molecule has 178 valence electrons. The van der Waals surface area contributed by atoms with Crippen LogP contribution < -0.4 is 14.8 Å². The van der Waals surface area contributed by atoms with Gasteiger partial charge in [-0.15, -0.1) is 16.8 Å². The Morgan fingerprint density at radius 3 is 2.74 bits per heavy atom. The molecule has 2 atom stereocenters. The minimum Gasteiger partial charge on any atom is -0.485 e. The van der Waals surface area contributed by atoms with Gasteiger partial charge in [0.25, 0.3) is 0 Å². The van der Waals surface area contributed by atoms with E-state index in [4.69, 9.17) is 9.47 Å². The fourth-order valence-electron chi connectivity index (χ4n) is 4.07. The summed E-state index contributed by atoms with van der Waals surface area (Å²) in [6, 6.07) is 21.9. The van der Waals surface area contributed by atoms with E-state index in [0.717, 1.165) is 10.9 Å². The molecule has 0 aliphatic carbocycles. The summed E-state index contributed by atoms with van der Waals surface area (Å²) < 4.78 is 13.9. The zero-order chi connectivity index (χ0) is 24.2. The lowest BCUT2D eigenvalue weighted by Crippen LogP contribution is -2.28. The molecule has 1 aliphatic heterocycles. The molecule has 2 unspecified atom stereocenters. The van der Waals surface area contributed by atoms with E-state index in [0.29, 0.717) is 35.6 Å². The van der Waals surface area contributed by atoms with E-state index < -0.39 is 6.10 Å². The van der Waals surface area contributed by atoms with E-state index in [1.165, 1.54) is 17.1 Å². The fourth-order valence-corrected chi connectivity index (χ4v) is 4.83. The van der Waals surface area contributed by atoms with Crippen molar-refractivity contribution in [2.24, 2.45) is 0 Å². The quantitative estimate of drug-likeness (QED) is 0.276. The number of allylic oxidation sites excluding steroid dienone is 1. The van der Waals surface area contributed by atoms with Crippen LogP contribution in [-0.2, 0) is 11.3 Å². The SMILES string of the molecule is C=CCn1c(SCC(=O)NC(C)c2ccc3ccccc3c2)nnc1C1COc2ccccc2O1. The Hall–Kier alpha value is -3.78. The Kier molecular flexibility index (Phi) is 6.72. The summed E-state index contributed by atoms with van der Waals surface area (Å²) in [5, 5.41) is 14.7. The van der Waals surface area contributed by atoms with Crippen LogP contribution >= 0.6 is 11.8 Å². The second kappa shape index (κ2) is 10.2. The summed E-state index contributed by atoms with van der Waals surface area (Å²) in [6.07, 6.45) is 1.38. The highest BCUT2D eigenvalue weighted by molar-refractivity contribution is 7.99. The number of aromatic nitrogens is 3. The van der Waals surface area contributed by atoms with Gasteiger partial charge in [0.1, 0.15) is 6.61 Å². The van der Waals surface area contributed by atoms with Crippen molar-refractivity contribution in [3.05, 3.63) is 90.8 Å². The van der Waals surface area contributed by atoms with E-state index in [2.05, 4.69) is 52.4 Å². The number of hydrogen-bond acceptors (Lipinski definition) is 6. The number of hydrogen-bond donors (Lipinski definition) is 1. The van der Waals surface area contributed by atoms with Crippen molar-refractivity contribution in [2.45, 2.75) is 30.8 Å². The van der Waals surface area contributed by atoms with Gasteiger partial charge in [-0.2, -0.15) is 0 Å². The molecule has 0 bridgehead atoms. The summed E-state index contributed by atoms with van der Waals surface area (Å²) in [6.45, 7) is 6.68. The van der Waals surface area contributed by atoms with Gasteiger partial charge >= 0.3 is 0 Å². The van der Waals surface area contributed by atoms with Crippen LogP contribution in [0.25, 0.3) is 10.8 Å². The van der Waals surface area contributed by atoms with Gasteiger partial charge in [0, 0.05) is 6.54 Å². The summed E-state index contributed by atoms with van der Waals surface area (Å²) >= 11 is 1.34. The molecule has 0 fully saturated rings. The highest BCUT2D eigenvalue weighted by Crippen LogP contribution is 2.36. The van der Waals surface area contributed by atoms with Crippen LogP contribution in [0.15, 0.2) is 84.5 Å². The van der Waals surface area contributed by atoms with Crippen LogP contribution in [0.5, 0.6) is 11.5 Å². The van der Waals surface area contributed by atoms with Crippen molar-refractivity contribution in [2.75, 3.05) is 12.4 Å². The van der Waals surface area contributed by atoms with E-state index >= 15 is 0 Å². The molecule has 1 amide bonds. The Bertz CT molecular complexity index is 1370.